The molecule has 42 heavy (non-hydrogen) atoms. The molecular formula is C30H41F4N5O3. The summed E-state index contributed by atoms with van der Waals surface area (Å²) in [4.78, 5) is 30.3. The molecule has 0 saturated heterocycles. The molecule has 2 heterocycles. The molecule has 2 amide bonds. The van der Waals surface area contributed by atoms with Crippen LogP contribution in [0.15, 0.2) is 18.5 Å². The molecule has 0 spiro atoms. The van der Waals surface area contributed by atoms with E-state index < -0.39 is 29.6 Å². The number of fused-ring (bicyclic) bond motifs is 1. The summed E-state index contributed by atoms with van der Waals surface area (Å²) in [7, 11) is 0. The van der Waals surface area contributed by atoms with E-state index in [1.807, 2.05) is 6.07 Å². The Morgan fingerprint density at radius 3 is 2.33 bits per heavy atom. The summed E-state index contributed by atoms with van der Waals surface area (Å²) in [5, 5.41) is 10.4. The quantitative estimate of drug-likeness (QED) is 0.307. The van der Waals surface area contributed by atoms with Crippen molar-refractivity contribution in [1.29, 1.82) is 0 Å². The van der Waals surface area contributed by atoms with Crippen molar-refractivity contribution < 1.29 is 31.9 Å². The molecule has 3 fully saturated rings. The minimum absolute atomic E-state index is 0.0679. The van der Waals surface area contributed by atoms with Gasteiger partial charge < -0.3 is 15.4 Å². The van der Waals surface area contributed by atoms with E-state index in [1.54, 1.807) is 37.7 Å². The number of amides is 2. The Labute approximate surface area is 243 Å². The molecule has 0 radical (unpaired) electrons. The van der Waals surface area contributed by atoms with Gasteiger partial charge in [0, 0.05) is 32.1 Å². The molecule has 0 aliphatic heterocycles. The lowest BCUT2D eigenvalue weighted by atomic mass is 9.78. The van der Waals surface area contributed by atoms with Gasteiger partial charge in [-0.05, 0) is 69.4 Å². The van der Waals surface area contributed by atoms with Gasteiger partial charge in [0.1, 0.15) is 5.60 Å². The topological polar surface area (TPSA) is 97.6 Å². The van der Waals surface area contributed by atoms with Crippen LogP contribution in [-0.4, -0.2) is 44.0 Å². The van der Waals surface area contributed by atoms with Gasteiger partial charge in [-0.25, -0.2) is 31.9 Å². The number of alkyl halides is 4. The first-order valence-corrected chi connectivity index (χ1v) is 15.0. The smallest absolute Gasteiger partial charge is 0.408 e. The predicted molar refractivity (Wildman–Crippen MR) is 147 cm³/mol. The van der Waals surface area contributed by atoms with E-state index in [2.05, 4.69) is 15.7 Å². The summed E-state index contributed by atoms with van der Waals surface area (Å²) >= 11 is 0. The van der Waals surface area contributed by atoms with Crippen LogP contribution in [0.1, 0.15) is 115 Å². The predicted octanol–water partition coefficient (Wildman–Crippen LogP) is 6.90. The Kier molecular flexibility index (Phi) is 8.46. The van der Waals surface area contributed by atoms with Crippen LogP contribution in [0.2, 0.25) is 0 Å². The van der Waals surface area contributed by atoms with Crippen LogP contribution in [0.25, 0.3) is 5.65 Å². The van der Waals surface area contributed by atoms with Gasteiger partial charge in [0.05, 0.1) is 30.2 Å². The highest BCUT2D eigenvalue weighted by Gasteiger charge is 2.46. The van der Waals surface area contributed by atoms with E-state index in [1.165, 1.54) is 0 Å². The number of halogens is 4. The van der Waals surface area contributed by atoms with E-state index in [-0.39, 0.29) is 68.7 Å². The van der Waals surface area contributed by atoms with Gasteiger partial charge in [-0.15, -0.1) is 0 Å². The maximum absolute atomic E-state index is 13.9. The van der Waals surface area contributed by atoms with Gasteiger partial charge in [-0.3, -0.25) is 4.79 Å². The number of nitrogens with one attached hydrogen (secondary N) is 2. The molecule has 2 N–H and O–H groups in total. The third-order valence-electron chi connectivity index (χ3n) is 8.76. The summed E-state index contributed by atoms with van der Waals surface area (Å²) in [5.74, 6) is -5.75. The number of carbonyl (C=O) groups excluding carboxylic acids is 2. The fourth-order valence-corrected chi connectivity index (χ4v) is 6.30. The van der Waals surface area contributed by atoms with E-state index in [9.17, 15) is 27.2 Å². The summed E-state index contributed by atoms with van der Waals surface area (Å²) < 4.78 is 61.5. The Bertz CT molecular complexity index is 1270. The molecule has 2 atom stereocenters. The molecule has 5 rings (SSSR count). The minimum Gasteiger partial charge on any atom is -0.444 e. The lowest BCUT2D eigenvalue weighted by Crippen LogP contribution is -2.40. The first kappa shape index (κ1) is 30.5. The average molecular weight is 596 g/mol. The van der Waals surface area contributed by atoms with Gasteiger partial charge in [0.2, 0.25) is 17.8 Å². The highest BCUT2D eigenvalue weighted by Crippen LogP contribution is 2.44. The molecule has 8 nitrogen and oxygen atoms in total. The fraction of sp³-hybridized carbons (Fsp3) is 0.733. The standard InChI is InChI=1S/C30H41F4N5O3/c1-28(2,3)42-27(41)38-26(20-7-9-29(31,32)10-8-20)23-17-39-24(36-23)13-21(16-35-39)22(11-18-5-4-6-18)37-25(40)12-19-14-30(33,34)15-19/h13,16-20,22,26H,4-12,14-15H2,1-3H3,(H,37,40)(H,38,41)/t22?,26-/m0/s1. The van der Waals surface area contributed by atoms with Crippen molar-refractivity contribution in [3.05, 3.63) is 29.7 Å². The third kappa shape index (κ3) is 7.72. The first-order valence-electron chi connectivity index (χ1n) is 15.0. The van der Waals surface area contributed by atoms with Gasteiger partial charge >= 0.3 is 6.09 Å². The van der Waals surface area contributed by atoms with Crippen LogP contribution < -0.4 is 10.6 Å². The maximum Gasteiger partial charge on any atom is 0.408 e. The summed E-state index contributed by atoms with van der Waals surface area (Å²) in [6, 6.07) is 0.849. The molecular weight excluding hydrogens is 554 g/mol. The van der Waals surface area contributed by atoms with E-state index in [0.29, 0.717) is 17.3 Å². The lowest BCUT2D eigenvalue weighted by Gasteiger charge is -2.35. The zero-order valence-corrected chi connectivity index (χ0v) is 24.5. The number of imidazole rings is 1. The number of carbonyl (C=O) groups is 2. The summed E-state index contributed by atoms with van der Waals surface area (Å²) in [5.41, 5.74) is 1.01. The highest BCUT2D eigenvalue weighted by atomic mass is 19.3. The Hall–Kier alpha value is -2.92. The number of nitrogens with zero attached hydrogens (tertiary/aromatic N) is 3. The van der Waals surface area contributed by atoms with Crippen LogP contribution >= 0.6 is 0 Å². The number of hydrogen-bond acceptors (Lipinski definition) is 5. The van der Waals surface area contributed by atoms with Crippen molar-refractivity contribution in [2.45, 2.75) is 121 Å². The molecule has 2 aromatic heterocycles. The van der Waals surface area contributed by atoms with Crippen molar-refractivity contribution in [3.63, 3.8) is 0 Å². The van der Waals surface area contributed by atoms with E-state index >= 15 is 0 Å². The van der Waals surface area contributed by atoms with Crippen LogP contribution in [-0.2, 0) is 9.53 Å². The second kappa shape index (κ2) is 11.6. The van der Waals surface area contributed by atoms with Crippen molar-refractivity contribution in [3.8, 4) is 0 Å². The maximum atomic E-state index is 13.9. The molecule has 12 heteroatoms. The molecule has 0 aromatic carbocycles. The van der Waals surface area contributed by atoms with E-state index in [0.717, 1.165) is 31.2 Å². The largest absolute Gasteiger partial charge is 0.444 e. The molecule has 0 bridgehead atoms. The molecule has 2 aromatic rings. The zero-order chi connectivity index (χ0) is 30.3. The number of alkyl carbamates (subject to hydrolysis) is 1. The normalized spacial score (nSPS) is 22.5. The summed E-state index contributed by atoms with van der Waals surface area (Å²) in [6.45, 7) is 5.25. The van der Waals surface area contributed by atoms with E-state index in [4.69, 9.17) is 9.72 Å². The second-order valence-corrected chi connectivity index (χ2v) is 13.6. The minimum atomic E-state index is -2.72. The zero-order valence-electron chi connectivity index (χ0n) is 24.5. The number of aromatic nitrogens is 3. The molecule has 1 unspecified atom stereocenters. The lowest BCUT2D eigenvalue weighted by molar-refractivity contribution is -0.134. The van der Waals surface area contributed by atoms with Gasteiger partial charge in [-0.2, -0.15) is 5.10 Å². The number of rotatable bonds is 9. The highest BCUT2D eigenvalue weighted by molar-refractivity contribution is 5.77. The Morgan fingerprint density at radius 2 is 1.74 bits per heavy atom. The fourth-order valence-electron chi connectivity index (χ4n) is 6.30. The van der Waals surface area contributed by atoms with Crippen molar-refractivity contribution in [2.75, 3.05) is 0 Å². The molecule has 232 valence electrons. The van der Waals surface area contributed by atoms with Crippen LogP contribution in [0, 0.1) is 17.8 Å². The monoisotopic (exact) mass is 595 g/mol. The van der Waals surface area contributed by atoms with Crippen LogP contribution in [0.4, 0.5) is 22.4 Å². The van der Waals surface area contributed by atoms with Crippen molar-refractivity contribution in [2.24, 2.45) is 17.8 Å². The molecule has 3 aliphatic rings. The van der Waals surface area contributed by atoms with Gasteiger partial charge in [0.15, 0.2) is 5.65 Å². The Balaban J connectivity index is 1.36. The third-order valence-corrected chi connectivity index (χ3v) is 8.76. The Morgan fingerprint density at radius 1 is 1.05 bits per heavy atom. The number of hydrogen-bond donors (Lipinski definition) is 2. The second-order valence-electron chi connectivity index (χ2n) is 13.6. The number of ether oxygens (including phenoxy) is 1. The SMILES string of the molecule is CC(C)(C)OC(=O)N[C@H](c1cn2ncc(C(CC3CCC3)NC(=O)CC3CC(F)(F)C3)cc2n1)C1CCC(F)(F)CC1. The van der Waals surface area contributed by atoms with Gasteiger partial charge in [-0.1, -0.05) is 19.3 Å². The summed E-state index contributed by atoms with van der Waals surface area (Å²) in [6.07, 6.45) is 6.19. The molecule has 3 aliphatic carbocycles. The first-order chi connectivity index (χ1) is 19.6. The molecule has 3 saturated carbocycles. The van der Waals surface area contributed by atoms with Gasteiger partial charge in [0.25, 0.3) is 0 Å². The van der Waals surface area contributed by atoms with Crippen LogP contribution in [0.5, 0.6) is 0 Å². The average Bonchev–Trinajstić information content (AvgIpc) is 3.25. The van der Waals surface area contributed by atoms with Crippen molar-refractivity contribution >= 4 is 17.6 Å². The van der Waals surface area contributed by atoms with Crippen LogP contribution in [0.3, 0.4) is 0 Å². The van der Waals surface area contributed by atoms with Crippen molar-refractivity contribution in [1.82, 2.24) is 25.2 Å².